The zero-order valence-electron chi connectivity index (χ0n) is 12.7. The van der Waals surface area contributed by atoms with E-state index in [4.69, 9.17) is 16.3 Å². The van der Waals surface area contributed by atoms with E-state index in [1.165, 1.54) is 6.20 Å². The van der Waals surface area contributed by atoms with Crippen molar-refractivity contribution < 1.29 is 13.9 Å². The van der Waals surface area contributed by atoms with Gasteiger partial charge in [-0.25, -0.2) is 4.39 Å². The average Bonchev–Trinajstić information content (AvgIpc) is 2.58. The normalized spacial score (nSPS) is 16.4. The number of amides is 1. The molecule has 0 spiro atoms. The Morgan fingerprint density at radius 1 is 1.39 bits per heavy atom. The van der Waals surface area contributed by atoms with Crippen molar-refractivity contribution in [3.05, 3.63) is 35.2 Å². The summed E-state index contributed by atoms with van der Waals surface area (Å²) in [6, 6.07) is 4.34. The van der Waals surface area contributed by atoms with Crippen molar-refractivity contribution in [3.8, 4) is 0 Å². The Labute approximate surface area is 138 Å². The number of fused-ring (bicyclic) bond motifs is 1. The highest BCUT2D eigenvalue weighted by Crippen LogP contribution is 2.28. The molecule has 23 heavy (non-hydrogen) atoms. The van der Waals surface area contributed by atoms with Crippen molar-refractivity contribution >= 4 is 34.1 Å². The number of nitrogens with zero attached hydrogens (tertiary/aromatic N) is 2. The minimum absolute atomic E-state index is 0.0770. The summed E-state index contributed by atoms with van der Waals surface area (Å²) in [7, 11) is 0. The summed E-state index contributed by atoms with van der Waals surface area (Å²) in [5.74, 6) is -0.585. The summed E-state index contributed by atoms with van der Waals surface area (Å²) >= 11 is 6.04. The molecule has 122 valence electrons. The molecule has 1 aromatic heterocycles. The number of benzene rings is 1. The summed E-state index contributed by atoms with van der Waals surface area (Å²) in [4.78, 5) is 18.1. The molecular formula is C16H17ClFN3O2. The van der Waals surface area contributed by atoms with Gasteiger partial charge in [-0.05, 0) is 25.1 Å². The van der Waals surface area contributed by atoms with Gasteiger partial charge in [0.2, 0.25) is 5.91 Å². The smallest absolute Gasteiger partial charge is 0.244 e. The zero-order valence-corrected chi connectivity index (χ0v) is 13.4. The molecule has 1 aliphatic heterocycles. The second-order valence-corrected chi connectivity index (χ2v) is 5.83. The highest BCUT2D eigenvalue weighted by atomic mass is 35.5. The lowest BCUT2D eigenvalue weighted by molar-refractivity contribution is -0.135. The van der Waals surface area contributed by atoms with E-state index in [0.29, 0.717) is 36.7 Å². The first-order valence-corrected chi connectivity index (χ1v) is 7.81. The molecule has 0 bridgehead atoms. The van der Waals surface area contributed by atoms with Crippen LogP contribution >= 0.6 is 11.6 Å². The fraction of sp³-hybridized carbons (Fsp3) is 0.375. The molecular weight excluding hydrogens is 321 g/mol. The van der Waals surface area contributed by atoms with Gasteiger partial charge < -0.3 is 15.0 Å². The lowest BCUT2D eigenvalue weighted by Gasteiger charge is -2.29. The first-order valence-electron chi connectivity index (χ1n) is 7.43. The summed E-state index contributed by atoms with van der Waals surface area (Å²) in [6.07, 6.45) is 1.46. The number of carbonyl (C=O) groups excluding carboxylic acids is 1. The van der Waals surface area contributed by atoms with Crippen molar-refractivity contribution in [1.82, 2.24) is 9.88 Å². The summed E-state index contributed by atoms with van der Waals surface area (Å²) in [5, 5.41) is 3.92. The van der Waals surface area contributed by atoms with Crippen LogP contribution in [0.2, 0.25) is 5.02 Å². The SMILES string of the molecule is CC(Nc1ccc2c(Cl)ccnc2c1F)C(=O)N1CCOCC1. The van der Waals surface area contributed by atoms with Crippen LogP contribution in [-0.2, 0) is 9.53 Å². The maximum absolute atomic E-state index is 14.6. The predicted molar refractivity (Wildman–Crippen MR) is 87.2 cm³/mol. The highest BCUT2D eigenvalue weighted by molar-refractivity contribution is 6.35. The maximum Gasteiger partial charge on any atom is 0.244 e. The number of hydrogen-bond donors (Lipinski definition) is 1. The number of hydrogen-bond acceptors (Lipinski definition) is 4. The zero-order chi connectivity index (χ0) is 16.4. The van der Waals surface area contributed by atoms with E-state index >= 15 is 0 Å². The van der Waals surface area contributed by atoms with Crippen LogP contribution in [0.25, 0.3) is 10.9 Å². The van der Waals surface area contributed by atoms with Crippen LogP contribution in [0, 0.1) is 5.82 Å². The molecule has 1 N–H and O–H groups in total. The number of nitrogens with one attached hydrogen (secondary N) is 1. The van der Waals surface area contributed by atoms with Gasteiger partial charge in [-0.15, -0.1) is 0 Å². The molecule has 0 saturated carbocycles. The molecule has 1 fully saturated rings. The van der Waals surface area contributed by atoms with Crippen LogP contribution in [-0.4, -0.2) is 48.1 Å². The van der Waals surface area contributed by atoms with Crippen LogP contribution < -0.4 is 5.32 Å². The van der Waals surface area contributed by atoms with Gasteiger partial charge in [0.1, 0.15) is 11.6 Å². The van der Waals surface area contributed by atoms with Crippen molar-refractivity contribution in [2.75, 3.05) is 31.6 Å². The van der Waals surface area contributed by atoms with Crippen LogP contribution in [0.3, 0.4) is 0 Å². The molecule has 1 aromatic carbocycles. The summed E-state index contributed by atoms with van der Waals surface area (Å²) < 4.78 is 19.8. The molecule has 7 heteroatoms. The van der Waals surface area contributed by atoms with Crippen molar-refractivity contribution in [1.29, 1.82) is 0 Å². The summed E-state index contributed by atoms with van der Waals surface area (Å²) in [6.45, 7) is 3.90. The number of carbonyl (C=O) groups is 1. The van der Waals surface area contributed by atoms with Crippen LogP contribution in [0.5, 0.6) is 0 Å². The molecule has 1 atom stereocenters. The van der Waals surface area contributed by atoms with Gasteiger partial charge >= 0.3 is 0 Å². The van der Waals surface area contributed by atoms with Crippen LogP contribution in [0.1, 0.15) is 6.92 Å². The number of morpholine rings is 1. The Hall–Kier alpha value is -1.92. The molecule has 1 saturated heterocycles. The Kier molecular flexibility index (Phi) is 4.63. The van der Waals surface area contributed by atoms with Gasteiger partial charge in [0, 0.05) is 24.7 Å². The molecule has 0 aliphatic carbocycles. The molecule has 2 heterocycles. The number of anilines is 1. The van der Waals surface area contributed by atoms with Gasteiger partial charge in [0.25, 0.3) is 0 Å². The molecule has 1 unspecified atom stereocenters. The van der Waals surface area contributed by atoms with Gasteiger partial charge in [-0.2, -0.15) is 0 Å². The number of ether oxygens (including phenoxy) is 1. The minimum atomic E-state index is -0.542. The van der Waals surface area contributed by atoms with E-state index in [9.17, 15) is 9.18 Å². The van der Waals surface area contributed by atoms with Gasteiger partial charge in [-0.1, -0.05) is 11.6 Å². The van der Waals surface area contributed by atoms with Crippen LogP contribution in [0.4, 0.5) is 10.1 Å². The second kappa shape index (κ2) is 6.68. The minimum Gasteiger partial charge on any atom is -0.378 e. The van der Waals surface area contributed by atoms with Crippen LogP contribution in [0.15, 0.2) is 24.4 Å². The molecule has 0 radical (unpaired) electrons. The fourth-order valence-electron chi connectivity index (χ4n) is 2.61. The van der Waals surface area contributed by atoms with E-state index in [0.717, 1.165) is 0 Å². The number of halogens is 2. The van der Waals surface area contributed by atoms with E-state index in [1.54, 1.807) is 30.0 Å². The Bertz CT molecular complexity index is 735. The van der Waals surface area contributed by atoms with E-state index in [-0.39, 0.29) is 17.1 Å². The van der Waals surface area contributed by atoms with E-state index in [1.807, 2.05) is 0 Å². The molecule has 2 aromatic rings. The Morgan fingerprint density at radius 3 is 2.87 bits per heavy atom. The third-order valence-electron chi connectivity index (χ3n) is 3.86. The summed E-state index contributed by atoms with van der Waals surface area (Å²) in [5.41, 5.74) is 0.426. The standard InChI is InChI=1S/C16H17ClFN3O2/c1-10(16(22)21-6-8-23-9-7-21)20-13-3-2-11-12(17)4-5-19-15(11)14(13)18/h2-5,10,20H,6-9H2,1H3. The molecule has 1 amide bonds. The first kappa shape index (κ1) is 16.0. The van der Waals surface area contributed by atoms with Gasteiger partial charge in [0.05, 0.1) is 23.9 Å². The molecule has 5 nitrogen and oxygen atoms in total. The third-order valence-corrected chi connectivity index (χ3v) is 4.19. The molecule has 3 rings (SSSR count). The Balaban J connectivity index is 1.80. The number of rotatable bonds is 3. The first-order chi connectivity index (χ1) is 11.1. The Morgan fingerprint density at radius 2 is 2.13 bits per heavy atom. The lowest BCUT2D eigenvalue weighted by atomic mass is 10.1. The van der Waals surface area contributed by atoms with Gasteiger partial charge in [-0.3, -0.25) is 9.78 Å². The quantitative estimate of drug-likeness (QED) is 0.935. The monoisotopic (exact) mass is 337 g/mol. The molecule has 1 aliphatic rings. The lowest BCUT2D eigenvalue weighted by Crippen LogP contribution is -2.47. The highest BCUT2D eigenvalue weighted by Gasteiger charge is 2.23. The van der Waals surface area contributed by atoms with Crippen molar-refractivity contribution in [2.24, 2.45) is 0 Å². The fourth-order valence-corrected chi connectivity index (χ4v) is 2.82. The van der Waals surface area contributed by atoms with Gasteiger partial charge in [0.15, 0.2) is 5.82 Å². The second-order valence-electron chi connectivity index (χ2n) is 5.42. The van der Waals surface area contributed by atoms with Crippen molar-refractivity contribution in [2.45, 2.75) is 13.0 Å². The third kappa shape index (κ3) is 3.23. The largest absolute Gasteiger partial charge is 0.378 e. The average molecular weight is 338 g/mol. The maximum atomic E-state index is 14.6. The number of pyridine rings is 1. The van der Waals surface area contributed by atoms with Crippen molar-refractivity contribution in [3.63, 3.8) is 0 Å². The predicted octanol–water partition coefficient (Wildman–Crippen LogP) is 2.69. The number of aromatic nitrogens is 1. The van der Waals surface area contributed by atoms with E-state index < -0.39 is 11.9 Å². The van der Waals surface area contributed by atoms with E-state index in [2.05, 4.69) is 10.3 Å². The topological polar surface area (TPSA) is 54.5 Å².